The summed E-state index contributed by atoms with van der Waals surface area (Å²) in [5.41, 5.74) is 2.16. The molecule has 5 heteroatoms. The molecule has 1 unspecified atom stereocenters. The lowest BCUT2D eigenvalue weighted by molar-refractivity contribution is 0.112. The van der Waals surface area contributed by atoms with Gasteiger partial charge < -0.3 is 9.54 Å². The molecule has 0 saturated carbocycles. The van der Waals surface area contributed by atoms with Crippen LogP contribution in [-0.4, -0.2) is 20.0 Å². The van der Waals surface area contributed by atoms with Gasteiger partial charge in [-0.2, -0.15) is 0 Å². The Labute approximate surface area is 88.6 Å². The molecule has 0 amide bonds. The first-order valence-corrected chi connectivity index (χ1v) is 5.61. The predicted molar refractivity (Wildman–Crippen MR) is 58.2 cm³/mol. The molecule has 4 nitrogen and oxygen atoms in total. The van der Waals surface area contributed by atoms with E-state index in [0.29, 0.717) is 5.56 Å². The Hall–Kier alpha value is -1.46. The van der Waals surface area contributed by atoms with E-state index in [1.807, 2.05) is 0 Å². The Bertz CT molecular complexity index is 532. The first-order chi connectivity index (χ1) is 7.20. The molecule has 0 fully saturated rings. The standard InChI is InChI=1S/C10H9NO3S/c12-5-8-4-11-10-2-1-7(3-9(8)10)6-15(13)14/h1-5,11H,6H2,(H,13,14). The third-order valence-corrected chi connectivity index (χ3v) is 2.78. The number of rotatable bonds is 3. The van der Waals surface area contributed by atoms with Crippen LogP contribution in [0.2, 0.25) is 0 Å². The summed E-state index contributed by atoms with van der Waals surface area (Å²) in [6.07, 6.45) is 2.38. The van der Waals surface area contributed by atoms with Crippen molar-refractivity contribution in [2.45, 2.75) is 5.75 Å². The van der Waals surface area contributed by atoms with Crippen molar-refractivity contribution in [1.29, 1.82) is 0 Å². The maximum atomic E-state index is 10.7. The molecule has 0 saturated heterocycles. The lowest BCUT2D eigenvalue weighted by Crippen LogP contribution is -1.92. The van der Waals surface area contributed by atoms with Crippen molar-refractivity contribution in [1.82, 2.24) is 4.98 Å². The molecule has 2 N–H and O–H groups in total. The molecular weight excluding hydrogens is 214 g/mol. The smallest absolute Gasteiger partial charge is 0.157 e. The van der Waals surface area contributed by atoms with Crippen LogP contribution in [0.5, 0.6) is 0 Å². The van der Waals surface area contributed by atoms with Crippen molar-refractivity contribution in [3.63, 3.8) is 0 Å². The topological polar surface area (TPSA) is 70.2 Å². The summed E-state index contributed by atoms with van der Waals surface area (Å²) in [6, 6.07) is 5.32. The summed E-state index contributed by atoms with van der Waals surface area (Å²) in [5, 5.41) is 0.785. The molecule has 2 rings (SSSR count). The highest BCUT2D eigenvalue weighted by Crippen LogP contribution is 2.19. The molecule has 2 aromatic rings. The van der Waals surface area contributed by atoms with Gasteiger partial charge in [0.1, 0.15) is 0 Å². The number of aromatic nitrogens is 1. The van der Waals surface area contributed by atoms with Crippen molar-refractivity contribution < 1.29 is 13.6 Å². The first kappa shape index (κ1) is 10.1. The van der Waals surface area contributed by atoms with Gasteiger partial charge in [-0.3, -0.25) is 4.79 Å². The highest BCUT2D eigenvalue weighted by molar-refractivity contribution is 7.78. The normalized spacial score (nSPS) is 12.9. The average molecular weight is 223 g/mol. The van der Waals surface area contributed by atoms with Gasteiger partial charge in [-0.15, -0.1) is 0 Å². The van der Waals surface area contributed by atoms with Crippen LogP contribution in [0.3, 0.4) is 0 Å². The van der Waals surface area contributed by atoms with Crippen LogP contribution >= 0.6 is 0 Å². The zero-order chi connectivity index (χ0) is 10.8. The van der Waals surface area contributed by atoms with E-state index in [0.717, 1.165) is 22.8 Å². The van der Waals surface area contributed by atoms with E-state index < -0.39 is 11.1 Å². The van der Waals surface area contributed by atoms with Crippen LogP contribution in [0, 0.1) is 0 Å². The second-order valence-corrected chi connectivity index (χ2v) is 4.14. The van der Waals surface area contributed by atoms with Crippen molar-refractivity contribution in [2.75, 3.05) is 0 Å². The van der Waals surface area contributed by atoms with E-state index in [1.165, 1.54) is 0 Å². The highest BCUT2D eigenvalue weighted by Gasteiger charge is 2.04. The van der Waals surface area contributed by atoms with Gasteiger partial charge in [0.15, 0.2) is 17.4 Å². The van der Waals surface area contributed by atoms with Gasteiger partial charge in [0.25, 0.3) is 0 Å². The van der Waals surface area contributed by atoms with Gasteiger partial charge >= 0.3 is 0 Å². The van der Waals surface area contributed by atoms with Crippen LogP contribution < -0.4 is 0 Å². The Morgan fingerprint density at radius 3 is 2.93 bits per heavy atom. The van der Waals surface area contributed by atoms with Crippen LogP contribution in [0.1, 0.15) is 15.9 Å². The SMILES string of the molecule is O=Cc1c[nH]c2ccc(CS(=O)O)cc12. The van der Waals surface area contributed by atoms with E-state index in [9.17, 15) is 9.00 Å². The first-order valence-electron chi connectivity index (χ1n) is 4.33. The molecule has 0 aliphatic carbocycles. The molecule has 0 aliphatic heterocycles. The lowest BCUT2D eigenvalue weighted by atomic mass is 10.1. The maximum absolute atomic E-state index is 10.7. The number of H-pyrrole nitrogens is 1. The largest absolute Gasteiger partial charge is 0.360 e. The number of aromatic amines is 1. The van der Waals surface area contributed by atoms with Crippen molar-refractivity contribution >= 4 is 28.3 Å². The zero-order valence-corrected chi connectivity index (χ0v) is 8.58. The molecule has 78 valence electrons. The number of nitrogens with one attached hydrogen (secondary N) is 1. The summed E-state index contributed by atoms with van der Waals surface area (Å²) in [5.74, 6) is 0.0828. The fraction of sp³-hybridized carbons (Fsp3) is 0.100. The summed E-state index contributed by atoms with van der Waals surface area (Å²) in [4.78, 5) is 13.6. The van der Waals surface area contributed by atoms with Crippen LogP contribution in [0.4, 0.5) is 0 Å². The minimum absolute atomic E-state index is 0.0828. The van der Waals surface area contributed by atoms with E-state index in [-0.39, 0.29) is 5.75 Å². The average Bonchev–Trinajstić information content (AvgIpc) is 2.59. The molecule has 1 aromatic carbocycles. The van der Waals surface area contributed by atoms with Gasteiger partial charge in [0.2, 0.25) is 0 Å². The van der Waals surface area contributed by atoms with Gasteiger partial charge in [-0.05, 0) is 17.7 Å². The second kappa shape index (κ2) is 3.96. The molecule has 1 heterocycles. The highest BCUT2D eigenvalue weighted by atomic mass is 32.2. The summed E-state index contributed by atoms with van der Waals surface area (Å²) in [6.45, 7) is 0. The van der Waals surface area contributed by atoms with E-state index in [1.54, 1.807) is 24.4 Å². The maximum Gasteiger partial charge on any atom is 0.157 e. The molecule has 1 aromatic heterocycles. The number of benzene rings is 1. The Morgan fingerprint density at radius 1 is 1.47 bits per heavy atom. The van der Waals surface area contributed by atoms with Crippen molar-refractivity contribution in [3.8, 4) is 0 Å². The number of carbonyl (C=O) groups excluding carboxylic acids is 1. The quantitative estimate of drug-likeness (QED) is 0.614. The zero-order valence-electron chi connectivity index (χ0n) is 7.77. The molecule has 15 heavy (non-hydrogen) atoms. The number of carbonyl (C=O) groups is 1. The van der Waals surface area contributed by atoms with Crippen molar-refractivity contribution in [2.24, 2.45) is 0 Å². The van der Waals surface area contributed by atoms with Gasteiger partial charge in [0, 0.05) is 22.7 Å². The Kier molecular flexibility index (Phi) is 2.66. The molecule has 0 bridgehead atoms. The van der Waals surface area contributed by atoms with Gasteiger partial charge in [0.05, 0.1) is 5.75 Å². The fourth-order valence-corrected chi connectivity index (χ4v) is 1.98. The number of fused-ring (bicyclic) bond motifs is 1. The third kappa shape index (κ3) is 1.98. The van der Waals surface area contributed by atoms with Crippen LogP contribution in [0.15, 0.2) is 24.4 Å². The summed E-state index contributed by atoms with van der Waals surface area (Å²) >= 11 is -1.85. The van der Waals surface area contributed by atoms with Gasteiger partial charge in [-0.1, -0.05) is 6.07 Å². The van der Waals surface area contributed by atoms with E-state index in [2.05, 4.69) is 4.98 Å². The second-order valence-electron chi connectivity index (χ2n) is 3.21. The molecule has 1 atom stereocenters. The predicted octanol–water partition coefficient (Wildman–Crippen LogP) is 1.70. The van der Waals surface area contributed by atoms with Crippen LogP contribution in [-0.2, 0) is 16.8 Å². The fourth-order valence-electron chi connectivity index (χ4n) is 1.52. The number of aldehydes is 1. The number of hydrogen-bond acceptors (Lipinski definition) is 2. The third-order valence-electron chi connectivity index (χ3n) is 2.20. The summed E-state index contributed by atoms with van der Waals surface area (Å²) in [7, 11) is 0. The molecular formula is C10H9NO3S. The van der Waals surface area contributed by atoms with E-state index in [4.69, 9.17) is 4.55 Å². The summed E-state index contributed by atoms with van der Waals surface area (Å²) < 4.78 is 19.4. The van der Waals surface area contributed by atoms with Crippen molar-refractivity contribution in [3.05, 3.63) is 35.5 Å². The molecule has 0 aliphatic rings. The minimum Gasteiger partial charge on any atom is -0.360 e. The Morgan fingerprint density at radius 2 is 2.27 bits per heavy atom. The molecule has 0 radical (unpaired) electrons. The lowest BCUT2D eigenvalue weighted by Gasteiger charge is -1.98. The Balaban J connectivity index is 2.52. The minimum atomic E-state index is -1.85. The van der Waals surface area contributed by atoms with E-state index >= 15 is 0 Å². The van der Waals surface area contributed by atoms with Gasteiger partial charge in [-0.25, -0.2) is 4.21 Å². The molecule has 0 spiro atoms. The van der Waals surface area contributed by atoms with Crippen LogP contribution in [0.25, 0.3) is 10.9 Å². The number of hydrogen-bond donors (Lipinski definition) is 2. The monoisotopic (exact) mass is 223 g/mol.